The van der Waals surface area contributed by atoms with Crippen molar-refractivity contribution in [3.8, 4) is 17.3 Å². The second-order valence-electron chi connectivity index (χ2n) is 4.41. The van der Waals surface area contributed by atoms with Crippen LogP contribution in [0.2, 0.25) is 0 Å². The zero-order valence-corrected chi connectivity index (χ0v) is 10.1. The number of nitrogens with one attached hydrogen (secondary N) is 1. The number of fused-ring (bicyclic) bond motifs is 1. The summed E-state index contributed by atoms with van der Waals surface area (Å²) >= 11 is 0. The summed E-state index contributed by atoms with van der Waals surface area (Å²) < 4.78 is 0. The molecule has 86 valence electrons. The average Bonchev–Trinajstić information content (AvgIpc) is 2.81. The van der Waals surface area contributed by atoms with Crippen molar-refractivity contribution in [2.45, 2.75) is 6.92 Å². The molecule has 3 rings (SSSR count). The highest BCUT2D eigenvalue weighted by Gasteiger charge is 2.05. The Labute approximate surface area is 106 Å². The molecule has 0 unspecified atom stereocenters. The second kappa shape index (κ2) is 4.05. The lowest BCUT2D eigenvalue weighted by atomic mass is 10.1. The van der Waals surface area contributed by atoms with Gasteiger partial charge in [-0.3, -0.25) is 0 Å². The SMILES string of the molecule is Cc1ccccc1-c1cc2ccc(C#N)cc2[nH]1. The fraction of sp³-hybridized carbons (Fsp3) is 0.0625. The Hall–Kier alpha value is -2.53. The number of hydrogen-bond acceptors (Lipinski definition) is 1. The van der Waals surface area contributed by atoms with Gasteiger partial charge in [0.15, 0.2) is 0 Å². The first kappa shape index (κ1) is 10.6. The lowest BCUT2D eigenvalue weighted by Gasteiger charge is -2.01. The zero-order chi connectivity index (χ0) is 12.5. The van der Waals surface area contributed by atoms with Gasteiger partial charge in [0, 0.05) is 22.2 Å². The van der Waals surface area contributed by atoms with Gasteiger partial charge in [0.1, 0.15) is 0 Å². The molecule has 0 spiro atoms. The van der Waals surface area contributed by atoms with Crippen molar-refractivity contribution in [3.05, 3.63) is 59.7 Å². The van der Waals surface area contributed by atoms with Crippen LogP contribution in [0.4, 0.5) is 0 Å². The van der Waals surface area contributed by atoms with E-state index in [1.807, 2.05) is 30.3 Å². The number of H-pyrrole nitrogens is 1. The highest BCUT2D eigenvalue weighted by molar-refractivity contribution is 5.87. The molecule has 1 aromatic heterocycles. The van der Waals surface area contributed by atoms with E-state index in [0.717, 1.165) is 16.6 Å². The zero-order valence-electron chi connectivity index (χ0n) is 10.1. The highest BCUT2D eigenvalue weighted by Crippen LogP contribution is 2.26. The molecule has 2 aromatic carbocycles. The topological polar surface area (TPSA) is 39.6 Å². The van der Waals surface area contributed by atoms with Gasteiger partial charge in [-0.1, -0.05) is 30.3 Å². The maximum Gasteiger partial charge on any atom is 0.0992 e. The number of benzene rings is 2. The standard InChI is InChI=1S/C16H12N2/c1-11-4-2-3-5-14(11)16-9-13-7-6-12(10-17)8-15(13)18-16/h2-9,18H,1H3. The van der Waals surface area contributed by atoms with Crippen molar-refractivity contribution in [2.75, 3.05) is 0 Å². The van der Waals surface area contributed by atoms with Gasteiger partial charge in [-0.2, -0.15) is 5.26 Å². The quantitative estimate of drug-likeness (QED) is 0.676. The Morgan fingerprint density at radius 1 is 1.06 bits per heavy atom. The van der Waals surface area contributed by atoms with E-state index < -0.39 is 0 Å². The van der Waals surface area contributed by atoms with Crippen LogP contribution in [-0.2, 0) is 0 Å². The van der Waals surface area contributed by atoms with Crippen LogP contribution in [0.15, 0.2) is 48.5 Å². The summed E-state index contributed by atoms with van der Waals surface area (Å²) in [7, 11) is 0. The molecule has 3 aromatic rings. The van der Waals surface area contributed by atoms with Crippen LogP contribution in [0.5, 0.6) is 0 Å². The molecule has 0 fully saturated rings. The van der Waals surface area contributed by atoms with Gasteiger partial charge in [0.25, 0.3) is 0 Å². The van der Waals surface area contributed by atoms with Crippen LogP contribution in [-0.4, -0.2) is 4.98 Å². The van der Waals surface area contributed by atoms with Crippen LogP contribution < -0.4 is 0 Å². The molecular formula is C16H12N2. The summed E-state index contributed by atoms with van der Waals surface area (Å²) in [5.74, 6) is 0. The number of nitrogens with zero attached hydrogens (tertiary/aromatic N) is 1. The van der Waals surface area contributed by atoms with Crippen molar-refractivity contribution in [1.82, 2.24) is 4.98 Å². The fourth-order valence-corrected chi connectivity index (χ4v) is 2.22. The molecule has 18 heavy (non-hydrogen) atoms. The lowest BCUT2D eigenvalue weighted by Crippen LogP contribution is -1.81. The number of aromatic amines is 1. The van der Waals surface area contributed by atoms with Crippen LogP contribution in [0, 0.1) is 18.3 Å². The minimum absolute atomic E-state index is 0.681. The normalized spacial score (nSPS) is 10.4. The van der Waals surface area contributed by atoms with Crippen LogP contribution in [0.25, 0.3) is 22.2 Å². The molecule has 1 heterocycles. The lowest BCUT2D eigenvalue weighted by molar-refractivity contribution is 1.39. The third-order valence-corrected chi connectivity index (χ3v) is 3.19. The average molecular weight is 232 g/mol. The van der Waals surface area contributed by atoms with Crippen molar-refractivity contribution in [1.29, 1.82) is 5.26 Å². The van der Waals surface area contributed by atoms with E-state index in [9.17, 15) is 0 Å². The Morgan fingerprint density at radius 3 is 2.67 bits per heavy atom. The number of nitriles is 1. The Bertz CT molecular complexity index is 760. The van der Waals surface area contributed by atoms with Gasteiger partial charge < -0.3 is 4.98 Å². The van der Waals surface area contributed by atoms with Crippen LogP contribution in [0.1, 0.15) is 11.1 Å². The molecule has 0 saturated carbocycles. The first-order valence-electron chi connectivity index (χ1n) is 5.87. The second-order valence-corrected chi connectivity index (χ2v) is 4.41. The maximum absolute atomic E-state index is 8.90. The third kappa shape index (κ3) is 1.66. The molecule has 2 heteroatoms. The monoisotopic (exact) mass is 232 g/mol. The van der Waals surface area contributed by atoms with Crippen LogP contribution >= 0.6 is 0 Å². The summed E-state index contributed by atoms with van der Waals surface area (Å²) in [4.78, 5) is 3.38. The van der Waals surface area contributed by atoms with E-state index in [4.69, 9.17) is 5.26 Å². The first-order valence-corrected chi connectivity index (χ1v) is 5.87. The summed E-state index contributed by atoms with van der Waals surface area (Å²) in [5.41, 5.74) is 5.22. The summed E-state index contributed by atoms with van der Waals surface area (Å²) in [6.07, 6.45) is 0. The van der Waals surface area contributed by atoms with Gasteiger partial charge in [0.2, 0.25) is 0 Å². The molecular weight excluding hydrogens is 220 g/mol. The van der Waals surface area contributed by atoms with E-state index in [0.29, 0.717) is 5.56 Å². The predicted octanol–water partition coefficient (Wildman–Crippen LogP) is 4.02. The molecule has 0 saturated heterocycles. The third-order valence-electron chi connectivity index (χ3n) is 3.19. The van der Waals surface area contributed by atoms with Crippen molar-refractivity contribution in [3.63, 3.8) is 0 Å². The largest absolute Gasteiger partial charge is 0.354 e. The molecule has 0 aliphatic heterocycles. The van der Waals surface area contributed by atoms with Crippen molar-refractivity contribution < 1.29 is 0 Å². The van der Waals surface area contributed by atoms with E-state index in [1.165, 1.54) is 11.1 Å². The van der Waals surface area contributed by atoms with E-state index in [-0.39, 0.29) is 0 Å². The van der Waals surface area contributed by atoms with Gasteiger partial charge in [0.05, 0.1) is 11.6 Å². The smallest absolute Gasteiger partial charge is 0.0992 e. The van der Waals surface area contributed by atoms with Gasteiger partial charge >= 0.3 is 0 Å². The van der Waals surface area contributed by atoms with Gasteiger partial charge in [-0.15, -0.1) is 0 Å². The molecule has 2 nitrogen and oxygen atoms in total. The Kier molecular flexibility index (Phi) is 2.39. The molecule has 0 aliphatic rings. The van der Waals surface area contributed by atoms with E-state index >= 15 is 0 Å². The molecule has 0 radical (unpaired) electrons. The van der Waals surface area contributed by atoms with Crippen molar-refractivity contribution >= 4 is 10.9 Å². The fourth-order valence-electron chi connectivity index (χ4n) is 2.22. The summed E-state index contributed by atoms with van der Waals surface area (Å²) in [5, 5.41) is 10.0. The number of aromatic nitrogens is 1. The van der Waals surface area contributed by atoms with E-state index in [2.05, 4.69) is 36.2 Å². The number of rotatable bonds is 1. The minimum atomic E-state index is 0.681. The first-order chi connectivity index (χ1) is 8.78. The molecule has 1 N–H and O–H groups in total. The minimum Gasteiger partial charge on any atom is -0.354 e. The van der Waals surface area contributed by atoms with Gasteiger partial charge in [-0.05, 0) is 30.7 Å². The van der Waals surface area contributed by atoms with Gasteiger partial charge in [-0.25, -0.2) is 0 Å². The van der Waals surface area contributed by atoms with E-state index in [1.54, 1.807) is 0 Å². The number of hydrogen-bond donors (Lipinski definition) is 1. The Morgan fingerprint density at radius 2 is 1.89 bits per heavy atom. The predicted molar refractivity (Wildman–Crippen MR) is 73.2 cm³/mol. The molecule has 0 aliphatic carbocycles. The summed E-state index contributed by atoms with van der Waals surface area (Å²) in [6, 6.07) is 18.3. The molecule has 0 atom stereocenters. The Balaban J connectivity index is 2.20. The van der Waals surface area contributed by atoms with Crippen LogP contribution in [0.3, 0.4) is 0 Å². The molecule has 0 bridgehead atoms. The van der Waals surface area contributed by atoms with Crippen molar-refractivity contribution in [2.24, 2.45) is 0 Å². The highest BCUT2D eigenvalue weighted by atomic mass is 14.7. The molecule has 0 amide bonds. The maximum atomic E-state index is 8.90. The summed E-state index contributed by atoms with van der Waals surface area (Å²) in [6.45, 7) is 2.10. The number of aryl methyl sites for hydroxylation is 1.